The summed E-state index contributed by atoms with van der Waals surface area (Å²) in [5.41, 5.74) is -0.637. The zero-order chi connectivity index (χ0) is 30.8. The number of nitriles is 2. The molecule has 1 saturated heterocycles. The summed E-state index contributed by atoms with van der Waals surface area (Å²) in [6.07, 6.45) is 0. The van der Waals surface area contributed by atoms with Crippen LogP contribution in [-0.2, 0) is 10.3 Å². The van der Waals surface area contributed by atoms with E-state index in [9.17, 15) is 25.5 Å². The first kappa shape index (κ1) is 27.8. The highest BCUT2D eigenvalue weighted by Crippen LogP contribution is 2.80. The summed E-state index contributed by atoms with van der Waals surface area (Å²) in [6, 6.07) is 36.5. The molecule has 5 atom stereocenters. The highest BCUT2D eigenvalue weighted by Gasteiger charge is 2.87. The van der Waals surface area contributed by atoms with Crippen LogP contribution in [0.25, 0.3) is 0 Å². The predicted octanol–water partition coefficient (Wildman–Crippen LogP) is 7.43. The van der Waals surface area contributed by atoms with Crippen molar-refractivity contribution in [3.63, 3.8) is 0 Å². The SMILES string of the molecule is N#CC1=C(C(=O)c2ccc(Cl)cc2)[C@H](c2ccccc2)[C@]2(c3ccc(Cl)cc3)C3[C@@H](c4ccccc4)[C@@]3(C#N)C(=O)N2C1=N. The van der Waals surface area contributed by atoms with Gasteiger partial charge in [0, 0.05) is 38.9 Å². The first-order valence-electron chi connectivity index (χ1n) is 14.0. The largest absolute Gasteiger partial charge is 0.289 e. The molecule has 2 fully saturated rings. The van der Waals surface area contributed by atoms with Gasteiger partial charge in [-0.25, -0.2) is 0 Å². The average molecular weight is 614 g/mol. The maximum absolute atomic E-state index is 14.7. The number of piperidine rings is 1. The molecule has 0 aromatic heterocycles. The smallest absolute Gasteiger partial charge is 0.250 e. The zero-order valence-electron chi connectivity index (χ0n) is 23.0. The van der Waals surface area contributed by atoms with Gasteiger partial charge in [-0.15, -0.1) is 0 Å². The van der Waals surface area contributed by atoms with Gasteiger partial charge in [-0.2, -0.15) is 10.5 Å². The van der Waals surface area contributed by atoms with Gasteiger partial charge in [0.05, 0.1) is 11.6 Å². The van der Waals surface area contributed by atoms with Crippen LogP contribution in [0, 0.1) is 39.4 Å². The molecule has 1 aliphatic carbocycles. The minimum atomic E-state index is -1.51. The van der Waals surface area contributed by atoms with Gasteiger partial charge in [-0.05, 0) is 53.1 Å². The normalized spacial score (nSPS) is 26.8. The van der Waals surface area contributed by atoms with E-state index in [2.05, 4.69) is 12.1 Å². The van der Waals surface area contributed by atoms with Gasteiger partial charge in [0.15, 0.2) is 5.78 Å². The molecule has 1 N–H and O–H groups in total. The Hall–Kier alpha value is -5.01. The topological polar surface area (TPSA) is 109 Å². The van der Waals surface area contributed by atoms with Crippen LogP contribution in [0.2, 0.25) is 10.0 Å². The third-order valence-electron chi connectivity index (χ3n) is 9.31. The fraction of sp³-hybridized carbons (Fsp3) is 0.139. The Kier molecular flexibility index (Phi) is 6.34. The van der Waals surface area contributed by atoms with Gasteiger partial charge in [-0.1, -0.05) is 96.0 Å². The van der Waals surface area contributed by atoms with Crippen molar-refractivity contribution in [2.75, 3.05) is 0 Å². The zero-order valence-corrected chi connectivity index (χ0v) is 24.6. The van der Waals surface area contributed by atoms with Crippen molar-refractivity contribution in [1.82, 2.24) is 4.90 Å². The number of benzene rings is 4. The van der Waals surface area contributed by atoms with E-state index in [1.54, 1.807) is 48.5 Å². The first-order chi connectivity index (χ1) is 21.3. The number of nitrogens with zero attached hydrogens (tertiary/aromatic N) is 3. The summed E-state index contributed by atoms with van der Waals surface area (Å²) in [5.74, 6) is -3.48. The van der Waals surface area contributed by atoms with Crippen molar-refractivity contribution in [2.24, 2.45) is 11.3 Å². The van der Waals surface area contributed by atoms with Crippen LogP contribution in [-0.4, -0.2) is 22.4 Å². The van der Waals surface area contributed by atoms with Crippen LogP contribution in [0.5, 0.6) is 0 Å². The van der Waals surface area contributed by atoms with Crippen molar-refractivity contribution < 1.29 is 9.59 Å². The third kappa shape index (κ3) is 3.56. The number of nitrogens with one attached hydrogen (secondary N) is 1. The standard InChI is InChI=1S/C36H22Cl2N4O2/c37-25-15-11-23(12-16-25)31(43)28-27(19-39)33(41)42-34(44)35(20-40)30(22-9-5-2-6-10-22)32(35)36(42,24-13-17-26(38)18-14-24)29(28)21-7-3-1-4-8-21/h1-18,29-30,32,41H/t29-,30+,32?,35+,36+/m0/s1. The minimum absolute atomic E-state index is 0.0949. The molecule has 1 saturated carbocycles. The maximum atomic E-state index is 14.7. The molecule has 4 aromatic rings. The van der Waals surface area contributed by atoms with Gasteiger partial charge in [-0.3, -0.25) is 19.9 Å². The van der Waals surface area contributed by atoms with E-state index in [-0.39, 0.29) is 16.7 Å². The fourth-order valence-electron chi connectivity index (χ4n) is 7.62. The van der Waals surface area contributed by atoms with Gasteiger partial charge in [0.25, 0.3) is 5.91 Å². The maximum Gasteiger partial charge on any atom is 0.250 e. The Morgan fingerprint density at radius 3 is 1.89 bits per heavy atom. The van der Waals surface area contributed by atoms with Gasteiger partial charge in [0.2, 0.25) is 0 Å². The van der Waals surface area contributed by atoms with E-state index in [0.29, 0.717) is 21.2 Å². The van der Waals surface area contributed by atoms with E-state index in [4.69, 9.17) is 23.2 Å². The molecule has 3 aliphatic rings. The summed E-state index contributed by atoms with van der Waals surface area (Å²) in [6.45, 7) is 0. The van der Waals surface area contributed by atoms with Gasteiger partial charge >= 0.3 is 0 Å². The Bertz CT molecular complexity index is 1980. The second kappa shape index (κ2) is 10.0. The van der Waals surface area contributed by atoms with Crippen LogP contribution in [0.4, 0.5) is 0 Å². The van der Waals surface area contributed by atoms with Gasteiger partial charge < -0.3 is 0 Å². The summed E-state index contributed by atoms with van der Waals surface area (Å²) < 4.78 is 0. The molecule has 4 aromatic carbocycles. The molecular weight excluding hydrogens is 591 g/mol. The van der Waals surface area contributed by atoms with Crippen LogP contribution in [0.1, 0.15) is 38.9 Å². The van der Waals surface area contributed by atoms with Crippen molar-refractivity contribution >= 4 is 40.7 Å². The van der Waals surface area contributed by atoms with Crippen LogP contribution in [0.15, 0.2) is 120 Å². The van der Waals surface area contributed by atoms with Crippen LogP contribution < -0.4 is 0 Å². The molecule has 44 heavy (non-hydrogen) atoms. The lowest BCUT2D eigenvalue weighted by Gasteiger charge is -2.51. The molecule has 0 bridgehead atoms. The Morgan fingerprint density at radius 2 is 1.34 bits per heavy atom. The van der Waals surface area contributed by atoms with Crippen molar-refractivity contribution in [3.05, 3.63) is 153 Å². The summed E-state index contributed by atoms with van der Waals surface area (Å²) >= 11 is 12.5. The van der Waals surface area contributed by atoms with E-state index in [1.165, 1.54) is 4.90 Å². The van der Waals surface area contributed by atoms with E-state index < -0.39 is 46.2 Å². The predicted molar refractivity (Wildman–Crippen MR) is 166 cm³/mol. The molecule has 1 unspecified atom stereocenters. The molecule has 6 nitrogen and oxygen atoms in total. The number of rotatable bonds is 5. The number of halogens is 2. The first-order valence-corrected chi connectivity index (χ1v) is 14.7. The number of carbonyl (C=O) groups is 2. The summed E-state index contributed by atoms with van der Waals surface area (Å²) in [4.78, 5) is 30.6. The summed E-state index contributed by atoms with van der Waals surface area (Å²) in [7, 11) is 0. The van der Waals surface area contributed by atoms with Crippen LogP contribution in [0.3, 0.4) is 0 Å². The van der Waals surface area contributed by atoms with Crippen molar-refractivity contribution in [3.8, 4) is 12.1 Å². The van der Waals surface area contributed by atoms with Crippen molar-refractivity contribution in [1.29, 1.82) is 15.9 Å². The Morgan fingerprint density at radius 1 is 0.795 bits per heavy atom. The number of hydrogen-bond donors (Lipinski definition) is 1. The lowest BCUT2D eigenvalue weighted by Crippen LogP contribution is -2.58. The number of hydrogen-bond acceptors (Lipinski definition) is 5. The molecular formula is C36H22Cl2N4O2. The van der Waals surface area contributed by atoms with Crippen molar-refractivity contribution in [2.45, 2.75) is 17.4 Å². The Labute approximate surface area is 263 Å². The fourth-order valence-corrected chi connectivity index (χ4v) is 7.87. The third-order valence-corrected chi connectivity index (χ3v) is 9.82. The van der Waals surface area contributed by atoms with E-state index in [0.717, 1.165) is 5.56 Å². The number of fused-ring (bicyclic) bond motifs is 3. The molecule has 0 radical (unpaired) electrons. The number of amidine groups is 1. The summed E-state index contributed by atoms with van der Waals surface area (Å²) in [5, 5.41) is 31.6. The van der Waals surface area contributed by atoms with E-state index >= 15 is 0 Å². The van der Waals surface area contributed by atoms with Gasteiger partial charge in [0.1, 0.15) is 22.9 Å². The lowest BCUT2D eigenvalue weighted by molar-refractivity contribution is -0.132. The monoisotopic (exact) mass is 612 g/mol. The molecule has 2 heterocycles. The average Bonchev–Trinajstić information content (AvgIpc) is 3.69. The number of ketones is 1. The quantitative estimate of drug-likeness (QED) is 0.236. The molecule has 212 valence electrons. The second-order valence-electron chi connectivity index (χ2n) is 11.2. The lowest BCUT2D eigenvalue weighted by atomic mass is 9.62. The second-order valence-corrected chi connectivity index (χ2v) is 12.1. The Balaban J connectivity index is 1.60. The molecule has 0 spiro atoms. The number of carbonyl (C=O) groups excluding carboxylic acids is 2. The number of amides is 1. The molecule has 2 aliphatic heterocycles. The molecule has 8 heteroatoms. The molecule has 1 amide bonds. The highest BCUT2D eigenvalue weighted by molar-refractivity contribution is 6.31. The number of Topliss-reactive ketones (excluding diaryl/α,β-unsaturated/α-hetero) is 1. The highest BCUT2D eigenvalue weighted by atomic mass is 35.5. The minimum Gasteiger partial charge on any atom is -0.289 e. The van der Waals surface area contributed by atoms with E-state index in [1.807, 2.05) is 60.7 Å². The molecule has 7 rings (SSSR count). The van der Waals surface area contributed by atoms with Crippen LogP contribution >= 0.6 is 23.2 Å².